The van der Waals surface area contributed by atoms with Crippen LogP contribution in [-0.4, -0.2) is 9.61 Å². The zero-order valence-corrected chi connectivity index (χ0v) is 18.1. The molecule has 0 atom stereocenters. The second-order valence-electron chi connectivity index (χ2n) is 6.98. The van der Waals surface area contributed by atoms with E-state index in [1.807, 2.05) is 24.4 Å². The number of furan rings is 1. The van der Waals surface area contributed by atoms with Crippen LogP contribution in [0.15, 0.2) is 46.9 Å². The Labute approximate surface area is 171 Å². The van der Waals surface area contributed by atoms with E-state index in [9.17, 15) is 0 Å². The largest absolute Gasteiger partial charge is 0.463 e. The van der Waals surface area contributed by atoms with Gasteiger partial charge in [0.05, 0.1) is 11.2 Å². The van der Waals surface area contributed by atoms with Crippen LogP contribution in [0.25, 0.3) is 38.5 Å². The molecule has 0 bridgehead atoms. The Kier molecular flexibility index (Phi) is 4.21. The van der Waals surface area contributed by atoms with Crippen molar-refractivity contribution in [1.29, 1.82) is 0 Å². The summed E-state index contributed by atoms with van der Waals surface area (Å²) in [6.07, 6.45) is 0. The van der Waals surface area contributed by atoms with E-state index in [4.69, 9.17) is 9.52 Å². The Morgan fingerprint density at radius 3 is 2.41 bits per heavy atom. The topological polar surface area (TPSA) is 30.4 Å². The first-order valence-corrected chi connectivity index (χ1v) is 8.84. The summed E-state index contributed by atoms with van der Waals surface area (Å²) < 4.78 is 8.17. The van der Waals surface area contributed by atoms with Gasteiger partial charge in [0.15, 0.2) is 0 Å². The summed E-state index contributed by atoms with van der Waals surface area (Å²) in [4.78, 5) is 0. The first-order chi connectivity index (χ1) is 12.6. The van der Waals surface area contributed by atoms with Crippen molar-refractivity contribution in [3.63, 3.8) is 0 Å². The molecule has 0 saturated carbocycles. The molecule has 0 spiro atoms. The molecule has 2 aromatic carbocycles. The van der Waals surface area contributed by atoms with Crippen LogP contribution in [0.4, 0.5) is 0 Å². The fourth-order valence-electron chi connectivity index (χ4n) is 3.90. The number of benzene rings is 2. The molecule has 0 aliphatic carbocycles. The summed E-state index contributed by atoms with van der Waals surface area (Å²) in [6.45, 7) is 8.29. The average Bonchev–Trinajstić information content (AvgIpc) is 3.17. The Morgan fingerprint density at radius 1 is 0.963 bits per heavy atom. The summed E-state index contributed by atoms with van der Waals surface area (Å²) in [6, 6.07) is 18.1. The second-order valence-corrected chi connectivity index (χ2v) is 6.98. The van der Waals surface area contributed by atoms with E-state index in [1.54, 1.807) is 0 Å². The Balaban J connectivity index is 0.00000180. The Morgan fingerprint density at radius 2 is 1.70 bits per heavy atom. The van der Waals surface area contributed by atoms with Crippen LogP contribution >= 0.6 is 0 Å². The number of hydrogen-bond acceptors (Lipinski definition) is 2. The van der Waals surface area contributed by atoms with Gasteiger partial charge in [-0.05, 0) is 55.8 Å². The Hall–Kier alpha value is -2.42. The van der Waals surface area contributed by atoms with Crippen molar-refractivity contribution in [1.82, 2.24) is 9.61 Å². The molecular formula is C23H19IrN2O-. The van der Waals surface area contributed by atoms with Gasteiger partial charge in [-0.15, -0.1) is 0 Å². The molecule has 0 amide bonds. The molecule has 0 N–H and O–H groups in total. The van der Waals surface area contributed by atoms with Crippen molar-refractivity contribution in [2.24, 2.45) is 0 Å². The standard InChI is InChI=1S/C23H19N2O.Ir/c1-13-12-21-17-8-5-6-9-18(17)22-19(10-7-11-20(22)25(21)24-13)23-15(3)14(2)16(4)26-23;/h5-10,12H,1-4H3;/q-1;. The fraction of sp³-hybridized carbons (Fsp3) is 0.174. The number of nitrogens with zero attached hydrogens (tertiary/aromatic N) is 2. The number of hydrogen-bond donors (Lipinski definition) is 0. The van der Waals surface area contributed by atoms with Gasteiger partial charge < -0.3 is 4.42 Å². The summed E-state index contributed by atoms with van der Waals surface area (Å²) >= 11 is 0. The maximum absolute atomic E-state index is 6.16. The maximum Gasteiger partial charge on any atom is 0.114 e. The zero-order chi connectivity index (χ0) is 18.0. The molecule has 0 fully saturated rings. The third-order valence-electron chi connectivity index (χ3n) is 5.42. The zero-order valence-electron chi connectivity index (χ0n) is 15.7. The van der Waals surface area contributed by atoms with Crippen LogP contribution in [0.1, 0.15) is 22.6 Å². The van der Waals surface area contributed by atoms with Crippen molar-refractivity contribution in [2.75, 3.05) is 0 Å². The first kappa shape index (κ1) is 18.0. The van der Waals surface area contributed by atoms with E-state index in [0.29, 0.717) is 0 Å². The minimum absolute atomic E-state index is 0. The van der Waals surface area contributed by atoms with Gasteiger partial charge in [-0.2, -0.15) is 23.3 Å². The van der Waals surface area contributed by atoms with E-state index < -0.39 is 0 Å². The van der Waals surface area contributed by atoms with Crippen LogP contribution < -0.4 is 0 Å². The van der Waals surface area contributed by atoms with Gasteiger partial charge in [0, 0.05) is 20.1 Å². The summed E-state index contributed by atoms with van der Waals surface area (Å²) in [5.74, 6) is 1.91. The van der Waals surface area contributed by atoms with E-state index in [0.717, 1.165) is 39.2 Å². The van der Waals surface area contributed by atoms with Gasteiger partial charge in [-0.3, -0.25) is 4.52 Å². The third-order valence-corrected chi connectivity index (χ3v) is 5.42. The van der Waals surface area contributed by atoms with Gasteiger partial charge in [0.1, 0.15) is 11.5 Å². The van der Waals surface area contributed by atoms with Crippen LogP contribution in [0.2, 0.25) is 0 Å². The monoisotopic (exact) mass is 532 g/mol. The van der Waals surface area contributed by atoms with Gasteiger partial charge in [-0.25, -0.2) is 0 Å². The summed E-state index contributed by atoms with van der Waals surface area (Å²) in [7, 11) is 0. The molecular weight excluding hydrogens is 512 g/mol. The smallest absolute Gasteiger partial charge is 0.114 e. The molecule has 0 aliphatic rings. The number of rotatable bonds is 1. The SMILES string of the molecule is Cc1cc2c3ccccc3c3c(-c4oc(C)c(C)c4C)cc[c-]c3n2n1.[Ir]. The predicted molar refractivity (Wildman–Crippen MR) is 106 cm³/mol. The molecule has 0 unspecified atom stereocenters. The number of pyridine rings is 1. The average molecular weight is 532 g/mol. The van der Waals surface area contributed by atoms with Crippen molar-refractivity contribution in [2.45, 2.75) is 27.7 Å². The van der Waals surface area contributed by atoms with E-state index in [1.165, 1.54) is 21.9 Å². The molecule has 27 heavy (non-hydrogen) atoms. The molecule has 0 saturated heterocycles. The van der Waals surface area contributed by atoms with Crippen LogP contribution in [0, 0.1) is 33.8 Å². The van der Waals surface area contributed by atoms with Crippen molar-refractivity contribution >= 4 is 27.2 Å². The molecule has 137 valence electrons. The van der Waals surface area contributed by atoms with E-state index >= 15 is 0 Å². The molecule has 3 aromatic heterocycles. The third kappa shape index (κ3) is 2.48. The van der Waals surface area contributed by atoms with Crippen molar-refractivity contribution in [3.8, 4) is 11.3 Å². The van der Waals surface area contributed by atoms with Gasteiger partial charge in [0.2, 0.25) is 0 Å². The van der Waals surface area contributed by atoms with Crippen LogP contribution in [0.3, 0.4) is 0 Å². The molecule has 3 nitrogen and oxygen atoms in total. The van der Waals surface area contributed by atoms with E-state index in [2.05, 4.69) is 56.3 Å². The number of fused-ring (bicyclic) bond motifs is 6. The number of aromatic nitrogens is 2. The normalized spacial score (nSPS) is 11.4. The minimum Gasteiger partial charge on any atom is -0.463 e. The molecule has 1 radical (unpaired) electrons. The molecule has 4 heteroatoms. The summed E-state index contributed by atoms with van der Waals surface area (Å²) in [5.41, 5.74) is 6.59. The van der Waals surface area contributed by atoms with Gasteiger partial charge in [0.25, 0.3) is 0 Å². The Bertz CT molecular complexity index is 1330. The van der Waals surface area contributed by atoms with Gasteiger partial charge >= 0.3 is 0 Å². The van der Waals surface area contributed by atoms with Crippen LogP contribution in [0.5, 0.6) is 0 Å². The fourth-order valence-corrected chi connectivity index (χ4v) is 3.90. The van der Waals surface area contributed by atoms with Crippen molar-refractivity contribution in [3.05, 3.63) is 71.1 Å². The molecule has 5 rings (SSSR count). The maximum atomic E-state index is 6.16. The first-order valence-electron chi connectivity index (χ1n) is 8.84. The quantitative estimate of drug-likeness (QED) is 0.198. The molecule has 5 aromatic rings. The van der Waals surface area contributed by atoms with Crippen molar-refractivity contribution < 1.29 is 24.5 Å². The second kappa shape index (κ2) is 6.33. The molecule has 0 aliphatic heterocycles. The molecule has 3 heterocycles. The number of aryl methyl sites for hydroxylation is 2. The summed E-state index contributed by atoms with van der Waals surface area (Å²) in [5, 5.41) is 8.26. The van der Waals surface area contributed by atoms with Crippen LogP contribution in [-0.2, 0) is 20.1 Å². The predicted octanol–water partition coefficient (Wildman–Crippen LogP) is 5.93. The minimum atomic E-state index is 0. The van der Waals surface area contributed by atoms with Gasteiger partial charge in [-0.1, -0.05) is 40.6 Å². The van der Waals surface area contributed by atoms with E-state index in [-0.39, 0.29) is 20.1 Å².